The van der Waals surface area contributed by atoms with Crippen LogP contribution in [-0.2, 0) is 0 Å². The molecule has 1 nitrogen and oxygen atoms in total. The zero-order valence-corrected chi connectivity index (χ0v) is 9.21. The third-order valence-corrected chi connectivity index (χ3v) is 2.05. The van der Waals surface area contributed by atoms with Gasteiger partial charge in [0.15, 0.2) is 0 Å². The van der Waals surface area contributed by atoms with Crippen LogP contribution >= 0.6 is 0 Å². The molecule has 1 atom stereocenters. The summed E-state index contributed by atoms with van der Waals surface area (Å²) in [5.41, 5.74) is 6.84. The normalized spacial score (nSPS) is 12.6. The largest absolute Gasteiger partial charge is 0.327 e. The second-order valence-corrected chi connectivity index (χ2v) is 3.60. The lowest BCUT2D eigenvalue weighted by Crippen LogP contribution is -2.19. The molecule has 0 saturated carbocycles. The second-order valence-electron chi connectivity index (χ2n) is 3.60. The Hall–Kier alpha value is -1.07. The SMILES string of the molecule is C#CCCCC(N)CC(=C)/C=C\CCF. The maximum absolute atomic E-state index is 11.8. The van der Waals surface area contributed by atoms with Crippen LogP contribution in [0.25, 0.3) is 0 Å². The predicted molar refractivity (Wildman–Crippen MR) is 64.1 cm³/mol. The van der Waals surface area contributed by atoms with E-state index in [1.165, 1.54) is 0 Å². The number of allylic oxidation sites excluding steroid dienone is 2. The molecule has 0 aliphatic heterocycles. The molecule has 0 fully saturated rings. The highest BCUT2D eigenvalue weighted by Gasteiger charge is 2.02. The van der Waals surface area contributed by atoms with Gasteiger partial charge in [-0.3, -0.25) is 4.39 Å². The van der Waals surface area contributed by atoms with Crippen molar-refractivity contribution in [2.45, 2.75) is 38.1 Å². The lowest BCUT2D eigenvalue weighted by atomic mass is 10.0. The van der Waals surface area contributed by atoms with Gasteiger partial charge in [-0.05, 0) is 25.7 Å². The van der Waals surface area contributed by atoms with Crippen LogP contribution in [0.2, 0.25) is 0 Å². The smallest absolute Gasteiger partial charge is 0.0928 e. The van der Waals surface area contributed by atoms with Crippen molar-refractivity contribution < 1.29 is 4.39 Å². The molecule has 0 aliphatic rings. The van der Waals surface area contributed by atoms with E-state index in [9.17, 15) is 4.39 Å². The van der Waals surface area contributed by atoms with Gasteiger partial charge in [-0.25, -0.2) is 0 Å². The van der Waals surface area contributed by atoms with Crippen molar-refractivity contribution in [1.29, 1.82) is 0 Å². The van der Waals surface area contributed by atoms with Crippen molar-refractivity contribution in [3.8, 4) is 12.3 Å². The Morgan fingerprint density at radius 3 is 2.93 bits per heavy atom. The number of terminal acetylenes is 1. The fraction of sp³-hybridized carbons (Fsp3) is 0.538. The second kappa shape index (κ2) is 9.48. The maximum Gasteiger partial charge on any atom is 0.0928 e. The molecular weight excluding hydrogens is 189 g/mol. The first-order valence-electron chi connectivity index (χ1n) is 5.30. The summed E-state index contributed by atoms with van der Waals surface area (Å²) in [6.07, 6.45) is 12.6. The van der Waals surface area contributed by atoms with Crippen LogP contribution in [0, 0.1) is 12.3 Å². The minimum atomic E-state index is -0.321. The summed E-state index contributed by atoms with van der Waals surface area (Å²) >= 11 is 0. The first kappa shape index (κ1) is 13.9. The van der Waals surface area contributed by atoms with Crippen LogP contribution in [0.3, 0.4) is 0 Å². The average molecular weight is 209 g/mol. The Balaban J connectivity index is 3.62. The molecule has 2 heteroatoms. The molecular formula is C13H20FN. The Morgan fingerprint density at radius 1 is 1.60 bits per heavy atom. The van der Waals surface area contributed by atoms with Gasteiger partial charge in [-0.2, -0.15) is 0 Å². The first-order valence-corrected chi connectivity index (χ1v) is 5.30. The van der Waals surface area contributed by atoms with E-state index in [1.54, 1.807) is 6.08 Å². The van der Waals surface area contributed by atoms with Crippen LogP contribution < -0.4 is 5.73 Å². The zero-order valence-electron chi connectivity index (χ0n) is 9.21. The Morgan fingerprint density at radius 2 is 2.33 bits per heavy atom. The van der Waals surface area contributed by atoms with Gasteiger partial charge in [0.05, 0.1) is 6.67 Å². The fourth-order valence-electron chi connectivity index (χ4n) is 1.29. The highest BCUT2D eigenvalue weighted by molar-refractivity contribution is 5.15. The highest BCUT2D eigenvalue weighted by atomic mass is 19.1. The number of unbranched alkanes of at least 4 members (excludes halogenated alkanes) is 1. The molecule has 0 aromatic rings. The van der Waals surface area contributed by atoms with Crippen LogP contribution in [0.5, 0.6) is 0 Å². The highest BCUT2D eigenvalue weighted by Crippen LogP contribution is 2.09. The van der Waals surface area contributed by atoms with Crippen molar-refractivity contribution in [3.63, 3.8) is 0 Å². The zero-order chi connectivity index (χ0) is 11.5. The minimum absolute atomic E-state index is 0.112. The molecule has 84 valence electrons. The topological polar surface area (TPSA) is 26.0 Å². The van der Waals surface area contributed by atoms with E-state index in [2.05, 4.69) is 12.5 Å². The quantitative estimate of drug-likeness (QED) is 0.371. The molecule has 0 saturated heterocycles. The number of hydrogen-bond acceptors (Lipinski definition) is 1. The molecule has 0 aromatic carbocycles. The van der Waals surface area contributed by atoms with Crippen LogP contribution in [0.1, 0.15) is 32.1 Å². The molecule has 0 aromatic heterocycles. The Bertz CT molecular complexity index is 237. The lowest BCUT2D eigenvalue weighted by Gasteiger charge is -2.10. The molecule has 0 aliphatic carbocycles. The summed E-state index contributed by atoms with van der Waals surface area (Å²) in [7, 11) is 0. The van der Waals surface area contributed by atoms with Crippen molar-refractivity contribution >= 4 is 0 Å². The molecule has 1 unspecified atom stereocenters. The molecule has 2 N–H and O–H groups in total. The van der Waals surface area contributed by atoms with E-state index < -0.39 is 0 Å². The molecule has 0 heterocycles. The van der Waals surface area contributed by atoms with E-state index in [0.717, 1.165) is 31.3 Å². The van der Waals surface area contributed by atoms with Gasteiger partial charge in [-0.15, -0.1) is 12.3 Å². The van der Waals surface area contributed by atoms with Crippen LogP contribution in [0.4, 0.5) is 4.39 Å². The Kier molecular flexibility index (Phi) is 8.81. The van der Waals surface area contributed by atoms with Crippen molar-refractivity contribution in [2.75, 3.05) is 6.67 Å². The van der Waals surface area contributed by atoms with Gasteiger partial charge in [0, 0.05) is 12.5 Å². The first-order chi connectivity index (χ1) is 7.20. The Labute approximate surface area is 92.2 Å². The number of alkyl halides is 1. The number of hydrogen-bond donors (Lipinski definition) is 1. The molecule has 0 radical (unpaired) electrons. The fourth-order valence-corrected chi connectivity index (χ4v) is 1.29. The summed E-state index contributed by atoms with van der Waals surface area (Å²) in [6, 6.07) is 0.112. The van der Waals surface area contributed by atoms with E-state index >= 15 is 0 Å². The van der Waals surface area contributed by atoms with Crippen molar-refractivity contribution in [2.24, 2.45) is 5.73 Å². The molecule has 0 bridgehead atoms. The van der Waals surface area contributed by atoms with Gasteiger partial charge >= 0.3 is 0 Å². The van der Waals surface area contributed by atoms with E-state index in [4.69, 9.17) is 12.2 Å². The van der Waals surface area contributed by atoms with E-state index in [-0.39, 0.29) is 12.7 Å². The lowest BCUT2D eigenvalue weighted by molar-refractivity contribution is 0.501. The van der Waals surface area contributed by atoms with E-state index in [0.29, 0.717) is 6.42 Å². The third kappa shape index (κ3) is 9.24. The predicted octanol–water partition coefficient (Wildman–Crippen LogP) is 2.98. The monoisotopic (exact) mass is 209 g/mol. The summed E-state index contributed by atoms with van der Waals surface area (Å²) in [5, 5.41) is 0. The molecule has 0 spiro atoms. The van der Waals surface area contributed by atoms with Gasteiger partial charge < -0.3 is 5.73 Å². The summed E-state index contributed by atoms with van der Waals surface area (Å²) < 4.78 is 11.8. The molecule has 15 heavy (non-hydrogen) atoms. The molecule has 0 rings (SSSR count). The number of halogens is 1. The van der Waals surface area contributed by atoms with Crippen molar-refractivity contribution in [1.82, 2.24) is 0 Å². The van der Waals surface area contributed by atoms with Gasteiger partial charge in [-0.1, -0.05) is 24.3 Å². The summed E-state index contributed by atoms with van der Waals surface area (Å²) in [4.78, 5) is 0. The summed E-state index contributed by atoms with van der Waals surface area (Å²) in [5.74, 6) is 2.58. The van der Waals surface area contributed by atoms with Crippen LogP contribution in [-0.4, -0.2) is 12.7 Å². The molecule has 0 amide bonds. The average Bonchev–Trinajstić information content (AvgIpc) is 2.18. The van der Waals surface area contributed by atoms with Gasteiger partial charge in [0.2, 0.25) is 0 Å². The number of rotatable bonds is 8. The van der Waals surface area contributed by atoms with Gasteiger partial charge in [0.25, 0.3) is 0 Å². The van der Waals surface area contributed by atoms with E-state index in [1.807, 2.05) is 6.08 Å². The number of nitrogens with two attached hydrogens (primary N) is 1. The minimum Gasteiger partial charge on any atom is -0.327 e. The standard InChI is InChI=1S/C13H20FN/c1-3-4-5-9-13(15)11-12(2)8-6-7-10-14/h1,6,8,13H,2,4-5,7,9-11,15H2/b8-6-. The van der Waals surface area contributed by atoms with Crippen molar-refractivity contribution in [3.05, 3.63) is 24.3 Å². The maximum atomic E-state index is 11.8. The van der Waals surface area contributed by atoms with Gasteiger partial charge in [0.1, 0.15) is 0 Å². The summed E-state index contributed by atoms with van der Waals surface area (Å²) in [6.45, 7) is 3.54. The van der Waals surface area contributed by atoms with Crippen LogP contribution in [0.15, 0.2) is 24.3 Å². The third-order valence-electron chi connectivity index (χ3n) is 2.05.